The first-order valence-corrected chi connectivity index (χ1v) is 9.74. The molecule has 2 aromatic carbocycles. The van der Waals surface area contributed by atoms with Gasteiger partial charge in [-0.15, -0.1) is 0 Å². The Morgan fingerprint density at radius 3 is 2.00 bits per heavy atom. The number of nitrogens with zero attached hydrogens (tertiary/aromatic N) is 1. The van der Waals surface area contributed by atoms with Crippen molar-refractivity contribution in [2.45, 2.75) is 20.0 Å². The van der Waals surface area contributed by atoms with Crippen LogP contribution in [0.4, 0.5) is 24.5 Å². The summed E-state index contributed by atoms with van der Waals surface area (Å²) in [5, 5.41) is 2.41. The molecule has 1 amide bonds. The fraction of sp³-hybridized carbons (Fsp3) is 0.278. The molecule has 146 valence electrons. The van der Waals surface area contributed by atoms with Crippen molar-refractivity contribution in [2.24, 2.45) is 0 Å². The zero-order valence-corrected chi connectivity index (χ0v) is 15.8. The molecule has 1 N–H and O–H groups in total. The maximum Gasteiger partial charge on any atom is 0.416 e. The summed E-state index contributed by atoms with van der Waals surface area (Å²) in [6.45, 7) is 3.11. The highest BCUT2D eigenvalue weighted by atomic mass is 32.2. The lowest BCUT2D eigenvalue weighted by Gasteiger charge is -2.23. The third-order valence-electron chi connectivity index (χ3n) is 3.68. The van der Waals surface area contributed by atoms with Crippen molar-refractivity contribution < 1.29 is 26.4 Å². The molecular weight excluding hydrogens is 381 g/mol. The van der Waals surface area contributed by atoms with Crippen LogP contribution in [0.15, 0.2) is 42.5 Å². The third-order valence-corrected chi connectivity index (χ3v) is 4.82. The second-order valence-electron chi connectivity index (χ2n) is 6.24. The predicted octanol–water partition coefficient (Wildman–Crippen LogP) is 3.73. The van der Waals surface area contributed by atoms with E-state index in [1.54, 1.807) is 26.0 Å². The number of carbonyl (C=O) groups is 1. The molecular formula is C18H19F3N2O3S. The van der Waals surface area contributed by atoms with Crippen molar-refractivity contribution in [3.8, 4) is 0 Å². The van der Waals surface area contributed by atoms with Crippen molar-refractivity contribution in [3.63, 3.8) is 0 Å². The molecule has 2 aromatic rings. The van der Waals surface area contributed by atoms with E-state index in [2.05, 4.69) is 5.32 Å². The molecule has 0 atom stereocenters. The first kappa shape index (κ1) is 20.8. The summed E-state index contributed by atoms with van der Waals surface area (Å²) in [6, 6.07) is 9.05. The summed E-state index contributed by atoms with van der Waals surface area (Å²) >= 11 is 0. The van der Waals surface area contributed by atoms with Crippen molar-refractivity contribution in [2.75, 3.05) is 22.4 Å². The van der Waals surface area contributed by atoms with Gasteiger partial charge in [0.15, 0.2) is 0 Å². The maximum atomic E-state index is 12.6. The zero-order chi connectivity index (χ0) is 20.4. The van der Waals surface area contributed by atoms with Crippen LogP contribution >= 0.6 is 0 Å². The number of benzene rings is 2. The number of anilines is 2. The lowest BCUT2D eigenvalue weighted by atomic mass is 10.1. The molecule has 0 saturated heterocycles. The van der Waals surface area contributed by atoms with E-state index >= 15 is 0 Å². The maximum absolute atomic E-state index is 12.6. The van der Waals surface area contributed by atoms with Gasteiger partial charge in [-0.1, -0.05) is 6.07 Å². The van der Waals surface area contributed by atoms with E-state index in [1.165, 1.54) is 0 Å². The summed E-state index contributed by atoms with van der Waals surface area (Å²) in [6.07, 6.45) is -3.49. The highest BCUT2D eigenvalue weighted by molar-refractivity contribution is 7.92. The second-order valence-corrected chi connectivity index (χ2v) is 8.15. The lowest BCUT2D eigenvalue weighted by molar-refractivity contribution is -0.137. The van der Waals surface area contributed by atoms with Crippen LogP contribution in [0, 0.1) is 13.8 Å². The number of carbonyl (C=O) groups excluding carboxylic acids is 1. The summed E-state index contributed by atoms with van der Waals surface area (Å²) < 4.78 is 62.9. The fourth-order valence-electron chi connectivity index (χ4n) is 2.57. The standard InChI is InChI=1S/C18H19F3N2O3S/c1-12-8-13(2)10-16(9-12)23(27(3,25)26)11-17(24)22-15-6-4-14(5-7-15)18(19,20)21/h4-10H,11H2,1-3H3,(H,22,24). The Bertz CT molecular complexity index is 919. The van der Waals surface area contributed by atoms with Gasteiger partial charge in [0, 0.05) is 5.69 Å². The normalized spacial score (nSPS) is 11.9. The van der Waals surface area contributed by atoms with Crippen molar-refractivity contribution >= 4 is 27.3 Å². The third kappa shape index (κ3) is 5.72. The lowest BCUT2D eigenvalue weighted by Crippen LogP contribution is -2.37. The van der Waals surface area contributed by atoms with E-state index in [9.17, 15) is 26.4 Å². The van der Waals surface area contributed by atoms with Gasteiger partial charge in [0.25, 0.3) is 0 Å². The monoisotopic (exact) mass is 400 g/mol. The number of aryl methyl sites for hydroxylation is 2. The molecule has 0 spiro atoms. The van der Waals surface area contributed by atoms with Gasteiger partial charge >= 0.3 is 6.18 Å². The van der Waals surface area contributed by atoms with Gasteiger partial charge in [0.2, 0.25) is 15.9 Å². The Morgan fingerprint density at radius 2 is 1.56 bits per heavy atom. The van der Waals surface area contributed by atoms with Crippen LogP contribution in [0.3, 0.4) is 0 Å². The Kier molecular flexibility index (Phi) is 5.84. The van der Waals surface area contributed by atoms with Crippen molar-refractivity contribution in [1.82, 2.24) is 0 Å². The van der Waals surface area contributed by atoms with Crippen LogP contribution in [-0.2, 0) is 21.0 Å². The Labute approximate surface area is 155 Å². The molecule has 5 nitrogen and oxygen atoms in total. The van der Waals surface area contributed by atoms with Crippen LogP contribution in [-0.4, -0.2) is 27.1 Å². The molecule has 0 bridgehead atoms. The largest absolute Gasteiger partial charge is 0.416 e. The summed E-state index contributed by atoms with van der Waals surface area (Å²) in [5.74, 6) is -0.667. The van der Waals surface area contributed by atoms with Gasteiger partial charge < -0.3 is 5.32 Å². The van der Waals surface area contributed by atoms with E-state index in [0.717, 1.165) is 46.0 Å². The molecule has 9 heteroatoms. The van der Waals surface area contributed by atoms with Crippen LogP contribution in [0.25, 0.3) is 0 Å². The van der Waals surface area contributed by atoms with Crippen molar-refractivity contribution in [3.05, 3.63) is 59.2 Å². The Hall–Kier alpha value is -2.55. The molecule has 0 aliphatic carbocycles. The van der Waals surface area contributed by atoms with Gasteiger partial charge in [-0.25, -0.2) is 8.42 Å². The fourth-order valence-corrected chi connectivity index (χ4v) is 3.41. The number of rotatable bonds is 5. The SMILES string of the molecule is Cc1cc(C)cc(N(CC(=O)Nc2ccc(C(F)(F)F)cc2)S(C)(=O)=O)c1. The average molecular weight is 400 g/mol. The molecule has 0 aromatic heterocycles. The molecule has 0 heterocycles. The second kappa shape index (κ2) is 7.59. The van der Waals surface area contributed by atoms with E-state index in [1.807, 2.05) is 6.07 Å². The number of sulfonamides is 1. The number of alkyl halides is 3. The molecule has 0 radical (unpaired) electrons. The van der Waals surface area contributed by atoms with Crippen LogP contribution in [0.1, 0.15) is 16.7 Å². The van der Waals surface area contributed by atoms with E-state index in [0.29, 0.717) is 5.69 Å². The number of halogens is 3. The van der Waals surface area contributed by atoms with E-state index in [4.69, 9.17) is 0 Å². The molecule has 27 heavy (non-hydrogen) atoms. The molecule has 0 unspecified atom stereocenters. The first-order valence-electron chi connectivity index (χ1n) is 7.89. The van der Waals surface area contributed by atoms with E-state index in [-0.39, 0.29) is 5.69 Å². The number of hydrogen-bond donors (Lipinski definition) is 1. The van der Waals surface area contributed by atoms with Gasteiger partial charge in [-0.2, -0.15) is 13.2 Å². The smallest absolute Gasteiger partial charge is 0.325 e. The molecule has 0 aliphatic rings. The van der Waals surface area contributed by atoms with Gasteiger partial charge in [0.1, 0.15) is 6.54 Å². The molecule has 0 fully saturated rings. The summed E-state index contributed by atoms with van der Waals surface area (Å²) in [7, 11) is -3.74. The zero-order valence-electron chi connectivity index (χ0n) is 15.0. The molecule has 2 rings (SSSR count). The van der Waals surface area contributed by atoms with Crippen LogP contribution in [0.2, 0.25) is 0 Å². The van der Waals surface area contributed by atoms with Gasteiger partial charge in [0.05, 0.1) is 17.5 Å². The average Bonchev–Trinajstić information content (AvgIpc) is 2.50. The predicted molar refractivity (Wildman–Crippen MR) is 98.2 cm³/mol. The number of amides is 1. The topological polar surface area (TPSA) is 66.5 Å². The van der Waals surface area contributed by atoms with Gasteiger partial charge in [-0.05, 0) is 61.4 Å². The quantitative estimate of drug-likeness (QED) is 0.832. The summed E-state index contributed by atoms with van der Waals surface area (Å²) in [4.78, 5) is 12.3. The Balaban J connectivity index is 2.19. The van der Waals surface area contributed by atoms with Gasteiger partial charge in [-0.3, -0.25) is 9.10 Å². The van der Waals surface area contributed by atoms with Crippen LogP contribution in [0.5, 0.6) is 0 Å². The summed E-state index contributed by atoms with van der Waals surface area (Å²) in [5.41, 5.74) is 1.32. The minimum atomic E-state index is -4.47. The molecule has 0 saturated carbocycles. The number of nitrogens with one attached hydrogen (secondary N) is 1. The van der Waals surface area contributed by atoms with Crippen LogP contribution < -0.4 is 9.62 Å². The molecule has 0 aliphatic heterocycles. The first-order chi connectivity index (χ1) is 12.4. The minimum Gasteiger partial charge on any atom is -0.325 e. The minimum absolute atomic E-state index is 0.141. The van der Waals surface area contributed by atoms with Crippen molar-refractivity contribution in [1.29, 1.82) is 0 Å². The highest BCUT2D eigenvalue weighted by Gasteiger charge is 2.30. The highest BCUT2D eigenvalue weighted by Crippen LogP contribution is 2.29. The van der Waals surface area contributed by atoms with E-state index < -0.39 is 34.2 Å². The Morgan fingerprint density at radius 1 is 1.04 bits per heavy atom. The number of hydrogen-bond acceptors (Lipinski definition) is 3.